The molecule has 0 spiro atoms. The number of hydrogen-bond acceptors (Lipinski definition) is 4. The molecule has 0 bridgehead atoms. The maximum absolute atomic E-state index is 12.9. The fraction of sp³-hybridized carbons (Fsp3) is 0.619. The molecular weight excluding hydrogens is 344 g/mol. The molecule has 6 nitrogen and oxygen atoms in total. The van der Waals surface area contributed by atoms with Crippen LogP contribution in [0.1, 0.15) is 38.2 Å². The number of ether oxygens (including phenoxy) is 2. The van der Waals surface area contributed by atoms with Crippen LogP contribution in [0.4, 0.5) is 0 Å². The van der Waals surface area contributed by atoms with Crippen LogP contribution < -0.4 is 14.8 Å². The number of benzene rings is 1. The molecule has 1 N–H and O–H groups in total. The zero-order valence-corrected chi connectivity index (χ0v) is 16.7. The fourth-order valence-corrected chi connectivity index (χ4v) is 3.75. The third-order valence-corrected chi connectivity index (χ3v) is 5.56. The lowest BCUT2D eigenvalue weighted by Gasteiger charge is -2.21. The molecule has 1 heterocycles. The monoisotopic (exact) mass is 374 g/mol. The summed E-state index contributed by atoms with van der Waals surface area (Å²) >= 11 is 0. The molecule has 2 aliphatic rings. The minimum absolute atomic E-state index is 0.0313. The summed E-state index contributed by atoms with van der Waals surface area (Å²) in [5, 5.41) is 3.09. The van der Waals surface area contributed by atoms with Crippen molar-refractivity contribution in [3.05, 3.63) is 23.8 Å². The highest BCUT2D eigenvalue weighted by Gasteiger charge is 2.42. The van der Waals surface area contributed by atoms with Gasteiger partial charge in [0.2, 0.25) is 11.8 Å². The molecule has 1 saturated carbocycles. The van der Waals surface area contributed by atoms with Crippen molar-refractivity contribution in [2.24, 2.45) is 17.8 Å². The molecule has 1 aromatic rings. The van der Waals surface area contributed by atoms with Gasteiger partial charge < -0.3 is 19.7 Å². The Kier molecular flexibility index (Phi) is 5.92. The second kappa shape index (κ2) is 8.19. The van der Waals surface area contributed by atoms with Crippen LogP contribution in [0.2, 0.25) is 0 Å². The van der Waals surface area contributed by atoms with E-state index in [9.17, 15) is 9.59 Å². The van der Waals surface area contributed by atoms with E-state index in [1.165, 1.54) is 12.8 Å². The van der Waals surface area contributed by atoms with Gasteiger partial charge in [0.05, 0.1) is 20.1 Å². The highest BCUT2D eigenvalue weighted by atomic mass is 16.5. The van der Waals surface area contributed by atoms with Crippen molar-refractivity contribution in [3.63, 3.8) is 0 Å². The third-order valence-electron chi connectivity index (χ3n) is 5.56. The van der Waals surface area contributed by atoms with E-state index >= 15 is 0 Å². The Hall–Kier alpha value is -2.24. The standard InChI is InChI=1S/C21H30N2O4/c1-13(2)21(25)23-11-17(16-8-7-15(26-3)9-19(16)27-4)18(12-23)20(24)22-10-14-5-6-14/h7-9,13-14,17-18H,5-6,10-12H2,1-4H3,(H,22,24)/t17-,18-/m1/s1. The molecular formula is C21H30N2O4. The maximum atomic E-state index is 12.9. The van der Waals surface area contributed by atoms with Crippen LogP contribution in [0.5, 0.6) is 11.5 Å². The first-order valence-corrected chi connectivity index (χ1v) is 9.73. The van der Waals surface area contributed by atoms with Gasteiger partial charge in [-0.05, 0) is 24.8 Å². The maximum Gasteiger partial charge on any atom is 0.225 e. The number of likely N-dealkylation sites (tertiary alicyclic amines) is 1. The van der Waals surface area contributed by atoms with Gasteiger partial charge in [-0.3, -0.25) is 9.59 Å². The molecule has 1 saturated heterocycles. The summed E-state index contributed by atoms with van der Waals surface area (Å²) in [7, 11) is 3.23. The lowest BCUT2D eigenvalue weighted by atomic mass is 9.87. The van der Waals surface area contributed by atoms with E-state index in [0.29, 0.717) is 30.5 Å². The van der Waals surface area contributed by atoms with Gasteiger partial charge in [-0.15, -0.1) is 0 Å². The Morgan fingerprint density at radius 1 is 1.19 bits per heavy atom. The van der Waals surface area contributed by atoms with Crippen LogP contribution in [-0.2, 0) is 9.59 Å². The molecule has 1 aromatic carbocycles. The van der Waals surface area contributed by atoms with Gasteiger partial charge in [0.15, 0.2) is 0 Å². The van der Waals surface area contributed by atoms with Crippen molar-refractivity contribution in [2.75, 3.05) is 33.9 Å². The normalized spacial score (nSPS) is 22.0. The Labute approximate surface area is 161 Å². The van der Waals surface area contributed by atoms with Gasteiger partial charge in [0.1, 0.15) is 11.5 Å². The molecule has 0 radical (unpaired) electrons. The highest BCUT2D eigenvalue weighted by molar-refractivity contribution is 5.84. The average molecular weight is 374 g/mol. The van der Waals surface area contributed by atoms with Gasteiger partial charge >= 0.3 is 0 Å². The van der Waals surface area contributed by atoms with E-state index in [-0.39, 0.29) is 29.6 Å². The molecule has 2 amide bonds. The Bertz CT molecular complexity index is 699. The summed E-state index contributed by atoms with van der Waals surface area (Å²) in [4.78, 5) is 27.3. The summed E-state index contributed by atoms with van der Waals surface area (Å²) in [6.07, 6.45) is 2.39. The summed E-state index contributed by atoms with van der Waals surface area (Å²) in [6.45, 7) is 5.51. The van der Waals surface area contributed by atoms with Gasteiger partial charge in [0, 0.05) is 43.1 Å². The second-order valence-electron chi connectivity index (χ2n) is 7.91. The predicted molar refractivity (Wildman–Crippen MR) is 103 cm³/mol. The van der Waals surface area contributed by atoms with Crippen LogP contribution in [0.15, 0.2) is 18.2 Å². The topological polar surface area (TPSA) is 67.9 Å². The van der Waals surface area contributed by atoms with Crippen LogP contribution in [0, 0.1) is 17.8 Å². The number of nitrogens with one attached hydrogen (secondary N) is 1. The van der Waals surface area contributed by atoms with Crippen LogP contribution in [0.25, 0.3) is 0 Å². The second-order valence-corrected chi connectivity index (χ2v) is 7.91. The van der Waals surface area contributed by atoms with Crippen LogP contribution in [-0.4, -0.2) is 50.6 Å². The SMILES string of the molecule is COc1ccc([C@H]2CN(C(=O)C(C)C)C[C@H]2C(=O)NCC2CC2)c(OC)c1. The van der Waals surface area contributed by atoms with Gasteiger partial charge in [-0.2, -0.15) is 0 Å². The molecule has 148 valence electrons. The molecule has 0 aromatic heterocycles. The van der Waals surface area contributed by atoms with Crippen molar-refractivity contribution in [1.29, 1.82) is 0 Å². The predicted octanol–water partition coefficient (Wildman–Crippen LogP) is 2.43. The van der Waals surface area contributed by atoms with Gasteiger partial charge in [-0.25, -0.2) is 0 Å². The van der Waals surface area contributed by atoms with E-state index in [1.54, 1.807) is 14.2 Å². The highest BCUT2D eigenvalue weighted by Crippen LogP contribution is 2.40. The van der Waals surface area contributed by atoms with E-state index in [1.807, 2.05) is 36.9 Å². The first-order valence-electron chi connectivity index (χ1n) is 9.73. The van der Waals surface area contributed by atoms with E-state index < -0.39 is 0 Å². The zero-order chi connectivity index (χ0) is 19.6. The lowest BCUT2D eigenvalue weighted by molar-refractivity contribution is -0.133. The summed E-state index contributed by atoms with van der Waals surface area (Å²) in [5.41, 5.74) is 0.948. The van der Waals surface area contributed by atoms with Gasteiger partial charge in [-0.1, -0.05) is 19.9 Å². The third kappa shape index (κ3) is 4.37. The van der Waals surface area contributed by atoms with Gasteiger partial charge in [0.25, 0.3) is 0 Å². The zero-order valence-electron chi connectivity index (χ0n) is 16.7. The molecule has 6 heteroatoms. The minimum Gasteiger partial charge on any atom is -0.497 e. The molecule has 2 atom stereocenters. The number of amides is 2. The molecule has 1 aliphatic carbocycles. The Morgan fingerprint density at radius 2 is 1.93 bits per heavy atom. The fourth-order valence-electron chi connectivity index (χ4n) is 3.75. The summed E-state index contributed by atoms with van der Waals surface area (Å²) in [5.74, 6) is 1.70. The van der Waals surface area contributed by atoms with Crippen LogP contribution in [0.3, 0.4) is 0 Å². The molecule has 1 aliphatic heterocycles. The van der Waals surface area contributed by atoms with Crippen LogP contribution >= 0.6 is 0 Å². The van der Waals surface area contributed by atoms with Crippen molar-refractivity contribution < 1.29 is 19.1 Å². The largest absolute Gasteiger partial charge is 0.497 e. The van der Waals surface area contributed by atoms with Crippen molar-refractivity contribution in [2.45, 2.75) is 32.6 Å². The number of rotatable bonds is 7. The number of nitrogens with zero attached hydrogens (tertiary/aromatic N) is 1. The Morgan fingerprint density at radius 3 is 2.52 bits per heavy atom. The molecule has 27 heavy (non-hydrogen) atoms. The quantitative estimate of drug-likeness (QED) is 0.796. The van der Waals surface area contributed by atoms with Crippen molar-refractivity contribution in [3.8, 4) is 11.5 Å². The minimum atomic E-state index is -0.270. The van der Waals surface area contributed by atoms with Crippen molar-refractivity contribution in [1.82, 2.24) is 10.2 Å². The first kappa shape index (κ1) is 19.5. The number of hydrogen-bond donors (Lipinski definition) is 1. The first-order chi connectivity index (χ1) is 12.9. The molecule has 2 fully saturated rings. The lowest BCUT2D eigenvalue weighted by Crippen LogP contribution is -2.37. The van der Waals surface area contributed by atoms with E-state index in [0.717, 1.165) is 12.1 Å². The smallest absolute Gasteiger partial charge is 0.225 e. The van der Waals surface area contributed by atoms with E-state index in [4.69, 9.17) is 9.47 Å². The molecule has 3 rings (SSSR count). The molecule has 0 unspecified atom stereocenters. The number of carbonyl (C=O) groups is 2. The van der Waals surface area contributed by atoms with E-state index in [2.05, 4.69) is 5.32 Å². The van der Waals surface area contributed by atoms with Crippen molar-refractivity contribution >= 4 is 11.8 Å². The Balaban J connectivity index is 1.86. The summed E-state index contributed by atoms with van der Waals surface area (Å²) < 4.78 is 10.9. The summed E-state index contributed by atoms with van der Waals surface area (Å²) in [6, 6.07) is 5.66. The number of methoxy groups -OCH3 is 2. The number of carbonyl (C=O) groups excluding carboxylic acids is 2. The average Bonchev–Trinajstić information content (AvgIpc) is 3.41.